The van der Waals surface area contributed by atoms with Gasteiger partial charge in [-0.2, -0.15) is 0 Å². The van der Waals surface area contributed by atoms with Crippen LogP contribution in [0.1, 0.15) is 25.1 Å². The Kier molecular flexibility index (Phi) is 3.95. The van der Waals surface area contributed by atoms with Crippen molar-refractivity contribution in [1.29, 1.82) is 0 Å². The van der Waals surface area contributed by atoms with Crippen molar-refractivity contribution in [2.75, 3.05) is 0 Å². The second-order valence-electron chi connectivity index (χ2n) is 7.18. The van der Waals surface area contributed by atoms with Crippen molar-refractivity contribution in [3.05, 3.63) is 64.9 Å². The molecule has 27 heavy (non-hydrogen) atoms. The molecule has 0 radical (unpaired) electrons. The number of para-hydroxylation sites is 1. The Bertz CT molecular complexity index is 1100. The van der Waals surface area contributed by atoms with E-state index < -0.39 is 11.8 Å². The van der Waals surface area contributed by atoms with E-state index in [1.807, 2.05) is 50.3 Å². The molecule has 2 heterocycles. The average Bonchev–Trinajstić information content (AvgIpc) is 3.08. The van der Waals surface area contributed by atoms with Crippen molar-refractivity contribution in [2.45, 2.75) is 20.8 Å². The molecule has 0 saturated heterocycles. The number of nitrogens with one attached hydrogen (secondary N) is 2. The molecule has 0 spiro atoms. The van der Waals surface area contributed by atoms with Crippen LogP contribution in [0.2, 0.25) is 0 Å². The largest absolute Gasteiger partial charge is 0.358 e. The van der Waals surface area contributed by atoms with Gasteiger partial charge in [-0.1, -0.05) is 43.4 Å². The molecule has 0 saturated carbocycles. The van der Waals surface area contributed by atoms with Gasteiger partial charge in [0.2, 0.25) is 0 Å². The van der Waals surface area contributed by atoms with Gasteiger partial charge < -0.3 is 4.98 Å². The highest BCUT2D eigenvalue weighted by atomic mass is 16.2. The van der Waals surface area contributed by atoms with Crippen LogP contribution in [0.15, 0.2) is 53.6 Å². The van der Waals surface area contributed by atoms with E-state index in [1.54, 1.807) is 13.0 Å². The second-order valence-corrected chi connectivity index (χ2v) is 7.18. The number of hydrogen-bond donors (Lipinski definition) is 2. The van der Waals surface area contributed by atoms with Gasteiger partial charge in [-0.15, -0.1) is 0 Å². The van der Waals surface area contributed by atoms with Crippen LogP contribution in [0.4, 0.5) is 0 Å². The highest BCUT2D eigenvalue weighted by Gasteiger charge is 2.36. The lowest BCUT2D eigenvalue weighted by Gasteiger charge is -2.21. The Morgan fingerprint density at radius 3 is 2.48 bits per heavy atom. The highest BCUT2D eigenvalue weighted by molar-refractivity contribution is 6.39. The normalized spacial score (nSPS) is 22.4. The van der Waals surface area contributed by atoms with Crippen LogP contribution in [0.5, 0.6) is 0 Å². The fourth-order valence-corrected chi connectivity index (χ4v) is 4.07. The number of fused-ring (bicyclic) bond motifs is 1. The van der Waals surface area contributed by atoms with Crippen molar-refractivity contribution < 1.29 is 14.4 Å². The number of aromatic nitrogens is 1. The summed E-state index contributed by atoms with van der Waals surface area (Å²) in [7, 11) is 0. The van der Waals surface area contributed by atoms with Crippen LogP contribution in [0, 0.1) is 18.8 Å². The molecule has 4 rings (SSSR count). The summed E-state index contributed by atoms with van der Waals surface area (Å²) >= 11 is 0. The zero-order chi connectivity index (χ0) is 19.3. The third-order valence-corrected chi connectivity index (χ3v) is 5.32. The molecule has 2 aromatic rings. The van der Waals surface area contributed by atoms with Crippen LogP contribution in [-0.4, -0.2) is 22.6 Å². The third kappa shape index (κ3) is 2.67. The molecule has 1 aromatic heterocycles. The summed E-state index contributed by atoms with van der Waals surface area (Å²) in [6, 6.07) is 7.72. The van der Waals surface area contributed by atoms with Crippen molar-refractivity contribution in [3.8, 4) is 0 Å². The Morgan fingerprint density at radius 2 is 1.78 bits per heavy atom. The summed E-state index contributed by atoms with van der Waals surface area (Å²) in [5, 5.41) is 3.34. The summed E-state index contributed by atoms with van der Waals surface area (Å²) in [5.41, 5.74) is 3.95. The summed E-state index contributed by atoms with van der Waals surface area (Å²) in [5.74, 6) is -0.943. The molecule has 2 aliphatic rings. The molecule has 2 amide bonds. The smallest absolute Gasteiger partial charge is 0.259 e. The number of carbonyl (C=O) groups is 3. The van der Waals surface area contributed by atoms with E-state index in [1.165, 1.54) is 0 Å². The first-order valence-corrected chi connectivity index (χ1v) is 8.97. The van der Waals surface area contributed by atoms with E-state index in [2.05, 4.69) is 10.3 Å². The number of aromatic amines is 1. The van der Waals surface area contributed by atoms with Crippen LogP contribution >= 0.6 is 0 Å². The number of benzene rings is 1. The average molecular weight is 360 g/mol. The van der Waals surface area contributed by atoms with E-state index in [0.29, 0.717) is 16.7 Å². The molecule has 2 unspecified atom stereocenters. The molecule has 1 aliphatic carbocycles. The van der Waals surface area contributed by atoms with Crippen molar-refractivity contribution in [2.24, 2.45) is 11.8 Å². The predicted octanol–water partition coefficient (Wildman–Crippen LogP) is 3.22. The number of hydrogen-bond acceptors (Lipinski definition) is 3. The van der Waals surface area contributed by atoms with Gasteiger partial charge in [0.05, 0.1) is 11.1 Å². The minimum Gasteiger partial charge on any atom is -0.358 e. The lowest BCUT2D eigenvalue weighted by Crippen LogP contribution is -2.24. The Hall–Kier alpha value is -3.21. The summed E-state index contributed by atoms with van der Waals surface area (Å²) in [4.78, 5) is 40.3. The molecule has 5 heteroatoms. The maximum atomic E-state index is 12.7. The highest BCUT2D eigenvalue weighted by Crippen LogP contribution is 2.37. The minimum absolute atomic E-state index is 0.0381. The monoisotopic (exact) mass is 360 g/mol. The van der Waals surface area contributed by atoms with E-state index in [-0.39, 0.29) is 17.6 Å². The van der Waals surface area contributed by atoms with E-state index in [0.717, 1.165) is 22.2 Å². The van der Waals surface area contributed by atoms with Crippen molar-refractivity contribution in [1.82, 2.24) is 10.3 Å². The van der Waals surface area contributed by atoms with Gasteiger partial charge in [0.25, 0.3) is 11.8 Å². The third-order valence-electron chi connectivity index (χ3n) is 5.32. The Morgan fingerprint density at radius 1 is 1.07 bits per heavy atom. The molecular formula is C22H20N2O3. The van der Waals surface area contributed by atoms with Gasteiger partial charge in [0.1, 0.15) is 5.78 Å². The standard InChI is InChI=1S/C22H20N2O3/c1-11-10-14(8-9-15(11)13(3)25)19-20(22(27)24-21(19)26)18-12(2)23-17-7-5-4-6-16(17)18/h4-11,15,23H,1-3H3,(H,24,26,27). The fraction of sp³-hybridized carbons (Fsp3) is 0.227. The lowest BCUT2D eigenvalue weighted by molar-refractivity contribution is -0.123. The van der Waals surface area contributed by atoms with Gasteiger partial charge >= 0.3 is 0 Å². The number of ketones is 1. The van der Waals surface area contributed by atoms with E-state index >= 15 is 0 Å². The van der Waals surface area contributed by atoms with Crippen molar-refractivity contribution in [3.63, 3.8) is 0 Å². The number of aryl methyl sites for hydroxylation is 1. The van der Waals surface area contributed by atoms with Gasteiger partial charge in [-0.3, -0.25) is 19.7 Å². The topological polar surface area (TPSA) is 79.0 Å². The first kappa shape index (κ1) is 17.2. The predicted molar refractivity (Wildman–Crippen MR) is 104 cm³/mol. The Balaban J connectivity index is 1.93. The van der Waals surface area contributed by atoms with Gasteiger partial charge in [-0.05, 0) is 31.4 Å². The van der Waals surface area contributed by atoms with Crippen molar-refractivity contribution >= 4 is 34.1 Å². The van der Waals surface area contributed by atoms with Gasteiger partial charge in [-0.25, -0.2) is 0 Å². The van der Waals surface area contributed by atoms with Crippen LogP contribution in [0.3, 0.4) is 0 Å². The van der Waals surface area contributed by atoms with Gasteiger partial charge in [0.15, 0.2) is 0 Å². The molecule has 0 bridgehead atoms. The maximum Gasteiger partial charge on any atom is 0.259 e. The van der Waals surface area contributed by atoms with Crippen LogP contribution < -0.4 is 5.32 Å². The van der Waals surface area contributed by atoms with E-state index in [4.69, 9.17) is 0 Å². The van der Waals surface area contributed by atoms with Gasteiger partial charge in [0, 0.05) is 28.1 Å². The number of H-pyrrole nitrogens is 1. The maximum absolute atomic E-state index is 12.7. The molecule has 5 nitrogen and oxygen atoms in total. The molecule has 2 atom stereocenters. The van der Waals surface area contributed by atoms with Crippen LogP contribution in [0.25, 0.3) is 16.5 Å². The number of imide groups is 1. The minimum atomic E-state index is -0.399. The molecule has 2 N–H and O–H groups in total. The number of Topliss-reactive ketones (excluding diaryl/α,β-unsaturated/α-hetero) is 1. The number of rotatable bonds is 3. The first-order valence-electron chi connectivity index (χ1n) is 8.97. The summed E-state index contributed by atoms with van der Waals surface area (Å²) in [6.07, 6.45) is 5.51. The van der Waals surface area contributed by atoms with Crippen LogP contribution in [-0.2, 0) is 14.4 Å². The Labute approximate surface area is 156 Å². The van der Waals surface area contributed by atoms with E-state index in [9.17, 15) is 14.4 Å². The second kappa shape index (κ2) is 6.20. The number of amides is 2. The molecule has 136 valence electrons. The summed E-state index contributed by atoms with van der Waals surface area (Å²) < 4.78 is 0. The SMILES string of the molecule is CC(=O)C1C=CC(C2=C(c3c(C)[nH]c4ccccc34)C(=O)NC2=O)=CC1C. The number of allylic oxidation sites excluding steroid dienone is 3. The molecular weight excluding hydrogens is 340 g/mol. The summed E-state index contributed by atoms with van der Waals surface area (Å²) in [6.45, 7) is 5.41. The molecule has 1 aliphatic heterocycles. The number of carbonyl (C=O) groups excluding carboxylic acids is 3. The zero-order valence-corrected chi connectivity index (χ0v) is 15.4. The molecule has 0 fully saturated rings. The quantitative estimate of drug-likeness (QED) is 0.825. The molecule has 1 aromatic carbocycles. The fourth-order valence-electron chi connectivity index (χ4n) is 4.07. The first-order chi connectivity index (χ1) is 12.9. The lowest BCUT2D eigenvalue weighted by atomic mass is 9.82. The zero-order valence-electron chi connectivity index (χ0n) is 15.4.